The molecular formula is C47H64O4. The Bertz CT molecular complexity index is 1820. The van der Waals surface area contributed by atoms with Crippen LogP contribution in [0.3, 0.4) is 0 Å². The predicted molar refractivity (Wildman–Crippen MR) is 215 cm³/mol. The fraction of sp³-hybridized carbons (Fsp3) is 0.489. The van der Waals surface area contributed by atoms with E-state index in [1.165, 1.54) is 22.3 Å². The molecule has 0 bridgehead atoms. The topological polar surface area (TPSA) is 69.9 Å². The molecule has 4 aromatic carbocycles. The highest BCUT2D eigenvalue weighted by Gasteiger charge is 2.44. The maximum atomic E-state index is 11.1. The Morgan fingerprint density at radius 2 is 0.902 bits per heavy atom. The van der Waals surface area contributed by atoms with E-state index in [-0.39, 0.29) is 21.7 Å². The number of benzene rings is 4. The van der Waals surface area contributed by atoms with E-state index in [0.29, 0.717) is 5.75 Å². The summed E-state index contributed by atoms with van der Waals surface area (Å²) in [4.78, 5) is 0. The number of hydrogen-bond donors (Lipinski definition) is 3. The SMILES string of the molecule is Cc1cccc(-c2ccc(C(C)(C)C)cc2C(C)(C)C)c1OC(c1c(C)cccc1-c1ccc(C(C)(C)C)cc1C(C)(C)C)C(CO)(CO)CO. The summed E-state index contributed by atoms with van der Waals surface area (Å²) in [6.07, 6.45) is -0.893. The first-order valence-electron chi connectivity index (χ1n) is 18.5. The quantitative estimate of drug-likeness (QED) is 0.163. The molecule has 4 aromatic rings. The molecule has 4 heteroatoms. The van der Waals surface area contributed by atoms with Crippen molar-refractivity contribution in [3.05, 3.63) is 112 Å². The molecule has 0 spiro atoms. The number of hydrogen-bond acceptors (Lipinski definition) is 4. The molecule has 0 fully saturated rings. The molecule has 0 saturated heterocycles. The lowest BCUT2D eigenvalue weighted by Gasteiger charge is -2.39. The second kappa shape index (κ2) is 14.5. The van der Waals surface area contributed by atoms with E-state index >= 15 is 0 Å². The van der Waals surface area contributed by atoms with Crippen LogP contribution < -0.4 is 4.74 Å². The van der Waals surface area contributed by atoms with E-state index in [0.717, 1.165) is 38.9 Å². The van der Waals surface area contributed by atoms with Gasteiger partial charge in [0.1, 0.15) is 11.9 Å². The van der Waals surface area contributed by atoms with Crippen LogP contribution in [0, 0.1) is 19.3 Å². The fourth-order valence-electron chi connectivity index (χ4n) is 7.02. The zero-order chi connectivity index (χ0) is 38.3. The summed E-state index contributed by atoms with van der Waals surface area (Å²) < 4.78 is 7.29. The molecule has 276 valence electrons. The molecular weight excluding hydrogens is 629 g/mol. The molecule has 1 atom stereocenters. The summed E-state index contributed by atoms with van der Waals surface area (Å²) in [5.41, 5.74) is 9.94. The summed E-state index contributed by atoms with van der Waals surface area (Å²) in [6.45, 7) is 29.5. The third-order valence-corrected chi connectivity index (χ3v) is 10.5. The fourth-order valence-corrected chi connectivity index (χ4v) is 7.02. The van der Waals surface area contributed by atoms with E-state index in [2.05, 4.69) is 144 Å². The van der Waals surface area contributed by atoms with Gasteiger partial charge in [-0.25, -0.2) is 0 Å². The lowest BCUT2D eigenvalue weighted by molar-refractivity contribution is -0.0742. The second-order valence-electron chi connectivity index (χ2n) is 18.8. The van der Waals surface area contributed by atoms with Crippen LogP contribution in [0.5, 0.6) is 5.75 Å². The minimum Gasteiger partial charge on any atom is -0.484 e. The smallest absolute Gasteiger partial charge is 0.137 e. The minimum absolute atomic E-state index is 0.0171. The molecule has 51 heavy (non-hydrogen) atoms. The van der Waals surface area contributed by atoms with Crippen LogP contribution in [0.2, 0.25) is 0 Å². The van der Waals surface area contributed by atoms with E-state index < -0.39 is 31.3 Å². The summed E-state index contributed by atoms with van der Waals surface area (Å²) in [6, 6.07) is 25.9. The number of aliphatic hydroxyl groups is 3. The van der Waals surface area contributed by atoms with Crippen molar-refractivity contribution < 1.29 is 20.1 Å². The zero-order valence-corrected chi connectivity index (χ0v) is 33.9. The lowest BCUT2D eigenvalue weighted by atomic mass is 9.73. The maximum Gasteiger partial charge on any atom is 0.137 e. The molecule has 0 aliphatic carbocycles. The summed E-state index contributed by atoms with van der Waals surface area (Å²) in [5.74, 6) is 0.671. The third-order valence-electron chi connectivity index (χ3n) is 10.5. The Hall–Kier alpha value is -3.44. The van der Waals surface area contributed by atoms with Gasteiger partial charge in [-0.05, 0) is 85.6 Å². The summed E-state index contributed by atoms with van der Waals surface area (Å²) >= 11 is 0. The number of para-hydroxylation sites is 1. The summed E-state index contributed by atoms with van der Waals surface area (Å²) in [7, 11) is 0. The molecule has 0 amide bonds. The van der Waals surface area contributed by atoms with Crippen LogP contribution in [0.25, 0.3) is 22.3 Å². The van der Waals surface area contributed by atoms with E-state index in [1.807, 2.05) is 26.0 Å². The Kier molecular flexibility index (Phi) is 11.5. The Balaban J connectivity index is 2.08. The second-order valence-corrected chi connectivity index (χ2v) is 18.8. The van der Waals surface area contributed by atoms with E-state index in [4.69, 9.17) is 4.74 Å². The molecule has 4 rings (SSSR count). The van der Waals surface area contributed by atoms with Crippen molar-refractivity contribution in [3.63, 3.8) is 0 Å². The molecule has 0 aromatic heterocycles. The number of aliphatic hydroxyl groups excluding tert-OH is 3. The number of ether oxygens (including phenoxy) is 1. The number of aryl methyl sites for hydroxylation is 2. The van der Waals surface area contributed by atoms with Crippen LogP contribution in [0.15, 0.2) is 72.8 Å². The van der Waals surface area contributed by atoms with Crippen molar-refractivity contribution >= 4 is 0 Å². The van der Waals surface area contributed by atoms with Crippen LogP contribution >= 0.6 is 0 Å². The van der Waals surface area contributed by atoms with Crippen LogP contribution in [-0.2, 0) is 21.7 Å². The van der Waals surface area contributed by atoms with E-state index in [1.54, 1.807) is 0 Å². The average Bonchev–Trinajstić information content (AvgIpc) is 3.03. The van der Waals surface area contributed by atoms with Crippen LogP contribution in [0.4, 0.5) is 0 Å². The van der Waals surface area contributed by atoms with Gasteiger partial charge in [-0.2, -0.15) is 0 Å². The third kappa shape index (κ3) is 8.30. The van der Waals surface area contributed by atoms with Gasteiger partial charge < -0.3 is 20.1 Å². The Morgan fingerprint density at radius 1 is 0.490 bits per heavy atom. The molecule has 3 N–H and O–H groups in total. The molecule has 1 unspecified atom stereocenters. The molecule has 0 saturated carbocycles. The van der Waals surface area contributed by atoms with Crippen molar-refractivity contribution in [2.45, 2.75) is 125 Å². The van der Waals surface area contributed by atoms with Gasteiger partial charge in [0.05, 0.1) is 25.2 Å². The highest BCUT2D eigenvalue weighted by atomic mass is 16.5. The van der Waals surface area contributed by atoms with Crippen molar-refractivity contribution in [2.24, 2.45) is 5.41 Å². The van der Waals surface area contributed by atoms with Gasteiger partial charge in [-0.1, -0.05) is 156 Å². The lowest BCUT2D eigenvalue weighted by Crippen LogP contribution is -2.43. The first-order valence-corrected chi connectivity index (χ1v) is 18.5. The minimum atomic E-state index is -1.39. The van der Waals surface area contributed by atoms with Gasteiger partial charge in [0.25, 0.3) is 0 Å². The molecule has 4 nitrogen and oxygen atoms in total. The van der Waals surface area contributed by atoms with E-state index in [9.17, 15) is 15.3 Å². The molecule has 0 heterocycles. The first kappa shape index (κ1) is 40.3. The van der Waals surface area contributed by atoms with Crippen molar-refractivity contribution in [1.29, 1.82) is 0 Å². The van der Waals surface area contributed by atoms with Gasteiger partial charge in [0.15, 0.2) is 0 Å². The van der Waals surface area contributed by atoms with Crippen LogP contribution in [0.1, 0.15) is 128 Å². The van der Waals surface area contributed by atoms with Gasteiger partial charge in [-0.3, -0.25) is 0 Å². The maximum absolute atomic E-state index is 11.1. The number of rotatable bonds is 9. The first-order chi connectivity index (χ1) is 23.5. The van der Waals surface area contributed by atoms with Crippen molar-refractivity contribution in [1.82, 2.24) is 0 Å². The molecule has 0 aliphatic rings. The predicted octanol–water partition coefficient (Wildman–Crippen LogP) is 10.9. The van der Waals surface area contributed by atoms with Crippen molar-refractivity contribution in [2.75, 3.05) is 19.8 Å². The monoisotopic (exact) mass is 692 g/mol. The highest BCUT2D eigenvalue weighted by Crippen LogP contribution is 2.49. The van der Waals surface area contributed by atoms with Gasteiger partial charge in [0, 0.05) is 11.1 Å². The highest BCUT2D eigenvalue weighted by molar-refractivity contribution is 5.77. The molecule has 0 radical (unpaired) electrons. The van der Waals surface area contributed by atoms with Gasteiger partial charge >= 0.3 is 0 Å². The molecule has 0 aliphatic heterocycles. The van der Waals surface area contributed by atoms with Crippen molar-refractivity contribution in [3.8, 4) is 28.0 Å². The van der Waals surface area contributed by atoms with Gasteiger partial charge in [0.2, 0.25) is 0 Å². The standard InChI is InChI=1S/C47H64O4/c1-30-17-15-19-36(34-23-21-32(43(3,4)5)25-38(34)45(9,10)11)40(30)42(47(27-48,28-49)29-50)51-41-31(2)18-16-20-37(41)35-24-22-33(44(6,7)8)26-39(35)46(12,13)14/h15-26,42,48-50H,27-29H2,1-14H3. The average molecular weight is 693 g/mol. The van der Waals surface area contributed by atoms with Gasteiger partial charge in [-0.15, -0.1) is 0 Å². The normalized spacial score (nSPS) is 13.7. The van der Waals surface area contributed by atoms with Crippen LogP contribution in [-0.4, -0.2) is 35.1 Å². The summed E-state index contributed by atoms with van der Waals surface area (Å²) in [5, 5.41) is 33.2. The Morgan fingerprint density at radius 3 is 1.31 bits per heavy atom. The largest absolute Gasteiger partial charge is 0.484 e. The Labute approximate surface area is 308 Å². The zero-order valence-electron chi connectivity index (χ0n) is 33.9.